The minimum absolute atomic E-state index is 0.0741. The molecule has 6 nitrogen and oxygen atoms in total. The van der Waals surface area contributed by atoms with E-state index in [1.807, 2.05) is 52.0 Å². The van der Waals surface area contributed by atoms with Crippen LogP contribution in [-0.2, 0) is 6.54 Å². The molecule has 2 rings (SSSR count). The molecule has 0 fully saturated rings. The highest BCUT2D eigenvalue weighted by Crippen LogP contribution is 2.23. The molecule has 1 unspecified atom stereocenters. The van der Waals surface area contributed by atoms with Gasteiger partial charge >= 0.3 is 0 Å². The maximum absolute atomic E-state index is 6.11. The van der Waals surface area contributed by atoms with Gasteiger partial charge in [-0.05, 0) is 39.8 Å². The second kappa shape index (κ2) is 9.32. The van der Waals surface area contributed by atoms with E-state index in [4.69, 9.17) is 20.8 Å². The second-order valence-corrected chi connectivity index (χ2v) is 6.09. The standard InChI is InChI=1S/C18H25ClN4O2/c1-5-20-18(22-11-17-23-13(3)14(4)25-17)21-10-12(2)24-16-9-7-6-8-15(16)19/h6-9,12H,5,10-11H2,1-4H3,(H2,20,21,22). The van der Waals surface area contributed by atoms with E-state index in [1.54, 1.807) is 0 Å². The number of hydrogen-bond acceptors (Lipinski definition) is 4. The Labute approximate surface area is 153 Å². The molecule has 0 saturated carbocycles. The first-order chi connectivity index (χ1) is 12.0. The number of benzene rings is 1. The highest BCUT2D eigenvalue weighted by atomic mass is 35.5. The third-order valence-electron chi connectivity index (χ3n) is 3.51. The summed E-state index contributed by atoms with van der Waals surface area (Å²) in [4.78, 5) is 8.83. The highest BCUT2D eigenvalue weighted by molar-refractivity contribution is 6.32. The Morgan fingerprint density at radius 3 is 2.72 bits per heavy atom. The van der Waals surface area contributed by atoms with Gasteiger partial charge in [0.1, 0.15) is 24.2 Å². The molecule has 0 amide bonds. The fourth-order valence-corrected chi connectivity index (χ4v) is 2.31. The molecule has 25 heavy (non-hydrogen) atoms. The first-order valence-corrected chi connectivity index (χ1v) is 8.73. The van der Waals surface area contributed by atoms with Gasteiger partial charge in [0.05, 0.1) is 17.3 Å². The molecule has 0 aliphatic heterocycles. The van der Waals surface area contributed by atoms with Crippen molar-refractivity contribution in [3.8, 4) is 5.75 Å². The molecule has 0 saturated heterocycles. The summed E-state index contributed by atoms with van der Waals surface area (Å²) in [6.07, 6.45) is -0.0741. The molecular weight excluding hydrogens is 340 g/mol. The molecular formula is C18H25ClN4O2. The number of aryl methyl sites for hydroxylation is 2. The number of oxazole rings is 1. The number of aromatic nitrogens is 1. The van der Waals surface area contributed by atoms with Gasteiger partial charge in [-0.1, -0.05) is 23.7 Å². The summed E-state index contributed by atoms with van der Waals surface area (Å²) < 4.78 is 11.4. The largest absolute Gasteiger partial charge is 0.487 e. The molecule has 0 spiro atoms. The van der Waals surface area contributed by atoms with Crippen molar-refractivity contribution < 1.29 is 9.15 Å². The molecule has 0 aliphatic rings. The number of guanidine groups is 1. The van der Waals surface area contributed by atoms with Gasteiger partial charge in [-0.2, -0.15) is 0 Å². The van der Waals surface area contributed by atoms with Gasteiger partial charge in [0, 0.05) is 6.54 Å². The van der Waals surface area contributed by atoms with Gasteiger partial charge in [-0.3, -0.25) is 0 Å². The van der Waals surface area contributed by atoms with Crippen molar-refractivity contribution in [3.63, 3.8) is 0 Å². The zero-order chi connectivity index (χ0) is 18.2. The summed E-state index contributed by atoms with van der Waals surface area (Å²) in [5.74, 6) is 2.79. The average Bonchev–Trinajstić information content (AvgIpc) is 2.90. The van der Waals surface area contributed by atoms with Gasteiger partial charge in [-0.15, -0.1) is 0 Å². The van der Waals surface area contributed by atoms with Crippen molar-refractivity contribution in [2.75, 3.05) is 13.1 Å². The predicted molar refractivity (Wildman–Crippen MR) is 100 cm³/mol. The van der Waals surface area contributed by atoms with E-state index in [2.05, 4.69) is 20.6 Å². The van der Waals surface area contributed by atoms with Crippen LogP contribution in [0, 0.1) is 13.8 Å². The van der Waals surface area contributed by atoms with Gasteiger partial charge in [0.25, 0.3) is 0 Å². The molecule has 7 heteroatoms. The van der Waals surface area contributed by atoms with E-state index in [-0.39, 0.29) is 6.10 Å². The number of aliphatic imine (C=N–C) groups is 1. The molecule has 136 valence electrons. The van der Waals surface area contributed by atoms with Crippen LogP contribution >= 0.6 is 11.6 Å². The Morgan fingerprint density at radius 2 is 2.08 bits per heavy atom. The van der Waals surface area contributed by atoms with Crippen LogP contribution < -0.4 is 15.4 Å². The van der Waals surface area contributed by atoms with Crippen molar-refractivity contribution in [3.05, 3.63) is 46.6 Å². The van der Waals surface area contributed by atoms with Crippen LogP contribution in [0.5, 0.6) is 5.75 Å². The lowest BCUT2D eigenvalue weighted by molar-refractivity contribution is 0.224. The van der Waals surface area contributed by atoms with Crippen molar-refractivity contribution in [1.29, 1.82) is 0 Å². The lowest BCUT2D eigenvalue weighted by Crippen LogP contribution is -2.41. The maximum Gasteiger partial charge on any atom is 0.216 e. The summed E-state index contributed by atoms with van der Waals surface area (Å²) in [7, 11) is 0. The Kier molecular flexibility index (Phi) is 7.13. The Morgan fingerprint density at radius 1 is 1.32 bits per heavy atom. The average molecular weight is 365 g/mol. The monoisotopic (exact) mass is 364 g/mol. The van der Waals surface area contributed by atoms with E-state index in [0.717, 1.165) is 18.0 Å². The number of hydrogen-bond donors (Lipinski definition) is 2. The minimum atomic E-state index is -0.0741. The van der Waals surface area contributed by atoms with E-state index in [9.17, 15) is 0 Å². The third kappa shape index (κ3) is 5.98. The third-order valence-corrected chi connectivity index (χ3v) is 3.82. The molecule has 1 atom stereocenters. The van der Waals surface area contributed by atoms with Crippen LogP contribution in [0.3, 0.4) is 0 Å². The fourth-order valence-electron chi connectivity index (χ4n) is 2.13. The number of halogens is 1. The van der Waals surface area contributed by atoms with Gasteiger partial charge in [0.15, 0.2) is 5.96 Å². The topological polar surface area (TPSA) is 71.7 Å². The minimum Gasteiger partial charge on any atom is -0.487 e. The van der Waals surface area contributed by atoms with Crippen molar-refractivity contribution in [2.45, 2.75) is 40.3 Å². The molecule has 1 aromatic heterocycles. The van der Waals surface area contributed by atoms with Crippen molar-refractivity contribution >= 4 is 17.6 Å². The smallest absolute Gasteiger partial charge is 0.216 e. The number of rotatable bonds is 7. The van der Waals surface area contributed by atoms with E-state index >= 15 is 0 Å². The first kappa shape index (κ1) is 19.1. The maximum atomic E-state index is 6.11. The van der Waals surface area contributed by atoms with Crippen molar-refractivity contribution in [2.24, 2.45) is 4.99 Å². The fraction of sp³-hybridized carbons (Fsp3) is 0.444. The molecule has 1 heterocycles. The molecule has 2 N–H and O–H groups in total. The van der Waals surface area contributed by atoms with Crippen LogP contribution in [0.1, 0.15) is 31.2 Å². The Hall–Kier alpha value is -2.21. The number of nitrogens with zero attached hydrogens (tertiary/aromatic N) is 2. The van der Waals surface area contributed by atoms with E-state index in [0.29, 0.717) is 35.7 Å². The SMILES string of the molecule is CCNC(=NCc1nc(C)c(C)o1)NCC(C)Oc1ccccc1Cl. The van der Waals surface area contributed by atoms with Gasteiger partial charge < -0.3 is 19.8 Å². The summed E-state index contributed by atoms with van der Waals surface area (Å²) in [6.45, 7) is 9.52. The van der Waals surface area contributed by atoms with Crippen LogP contribution in [0.2, 0.25) is 5.02 Å². The highest BCUT2D eigenvalue weighted by Gasteiger charge is 2.09. The molecule has 1 aromatic carbocycles. The van der Waals surface area contributed by atoms with Crippen LogP contribution in [0.4, 0.5) is 0 Å². The summed E-state index contributed by atoms with van der Waals surface area (Å²) in [5, 5.41) is 7.05. The summed E-state index contributed by atoms with van der Waals surface area (Å²) >= 11 is 6.11. The molecule has 2 aromatic rings. The first-order valence-electron chi connectivity index (χ1n) is 8.35. The number of nitrogens with one attached hydrogen (secondary N) is 2. The number of ether oxygens (including phenoxy) is 1. The Balaban J connectivity index is 1.89. The zero-order valence-electron chi connectivity index (χ0n) is 15.1. The van der Waals surface area contributed by atoms with Crippen molar-refractivity contribution in [1.82, 2.24) is 15.6 Å². The van der Waals surface area contributed by atoms with Crippen LogP contribution in [0.15, 0.2) is 33.7 Å². The zero-order valence-corrected chi connectivity index (χ0v) is 15.9. The van der Waals surface area contributed by atoms with Gasteiger partial charge in [-0.25, -0.2) is 9.98 Å². The van der Waals surface area contributed by atoms with Crippen LogP contribution in [-0.4, -0.2) is 30.1 Å². The summed E-state index contributed by atoms with van der Waals surface area (Å²) in [6, 6.07) is 7.43. The lowest BCUT2D eigenvalue weighted by atomic mass is 10.3. The predicted octanol–water partition coefficient (Wildman–Crippen LogP) is 3.47. The molecule has 0 bridgehead atoms. The Bertz CT molecular complexity index is 695. The van der Waals surface area contributed by atoms with Gasteiger partial charge in [0.2, 0.25) is 5.89 Å². The van der Waals surface area contributed by atoms with E-state index in [1.165, 1.54) is 0 Å². The normalized spacial score (nSPS) is 12.8. The molecule has 0 radical (unpaired) electrons. The van der Waals surface area contributed by atoms with E-state index < -0.39 is 0 Å². The quantitative estimate of drug-likeness (QED) is 0.581. The number of para-hydroxylation sites is 1. The second-order valence-electron chi connectivity index (χ2n) is 5.68. The van der Waals surface area contributed by atoms with Crippen LogP contribution in [0.25, 0.3) is 0 Å². The molecule has 0 aliphatic carbocycles. The summed E-state index contributed by atoms with van der Waals surface area (Å²) in [5.41, 5.74) is 0.893. The lowest BCUT2D eigenvalue weighted by Gasteiger charge is -2.18.